The van der Waals surface area contributed by atoms with E-state index in [0.29, 0.717) is 12.1 Å². The Labute approximate surface area is 163 Å². The van der Waals surface area contributed by atoms with E-state index < -0.39 is 0 Å². The highest BCUT2D eigenvalue weighted by molar-refractivity contribution is 5.80. The molecular formula is C22H34N4O. The predicted octanol–water partition coefficient (Wildman–Crippen LogP) is 3.32. The number of nitrogens with one attached hydrogen (secondary N) is 2. The SMILES string of the molecule is C=C(C)CN1CCC(NC(=NC)NCc2ccccc2OC2CCC2)CC1. The standard InChI is InChI=1S/C22H34N4O/c1-17(2)16-26-13-11-19(12-14-26)25-22(23-3)24-15-18-7-4-5-10-21(18)27-20-8-6-9-20/h4-5,7,10,19-20H,1,6,8-9,11-16H2,2-3H3,(H2,23,24,25). The first-order valence-electron chi connectivity index (χ1n) is 10.2. The van der Waals surface area contributed by atoms with Gasteiger partial charge in [-0.2, -0.15) is 0 Å². The van der Waals surface area contributed by atoms with Crippen LogP contribution in [-0.4, -0.2) is 49.7 Å². The van der Waals surface area contributed by atoms with Crippen molar-refractivity contribution in [2.45, 2.75) is 57.7 Å². The molecule has 1 saturated heterocycles. The summed E-state index contributed by atoms with van der Waals surface area (Å²) >= 11 is 0. The van der Waals surface area contributed by atoms with Gasteiger partial charge in [-0.25, -0.2) is 0 Å². The largest absolute Gasteiger partial charge is 0.490 e. The molecule has 1 aromatic carbocycles. The van der Waals surface area contributed by atoms with Crippen molar-refractivity contribution in [2.75, 3.05) is 26.7 Å². The Hall–Kier alpha value is -2.01. The summed E-state index contributed by atoms with van der Waals surface area (Å²) in [6, 6.07) is 8.79. The van der Waals surface area contributed by atoms with Gasteiger partial charge in [0.05, 0.1) is 6.10 Å². The smallest absolute Gasteiger partial charge is 0.191 e. The zero-order valence-electron chi connectivity index (χ0n) is 16.8. The number of aliphatic imine (C=N–C) groups is 1. The van der Waals surface area contributed by atoms with Crippen molar-refractivity contribution in [3.05, 3.63) is 42.0 Å². The fourth-order valence-corrected chi connectivity index (χ4v) is 3.62. The molecule has 0 atom stereocenters. The molecule has 3 rings (SSSR count). The van der Waals surface area contributed by atoms with Crippen LogP contribution in [0.1, 0.15) is 44.6 Å². The fraction of sp³-hybridized carbons (Fsp3) is 0.591. The molecule has 148 valence electrons. The Balaban J connectivity index is 1.46. The minimum absolute atomic E-state index is 0.396. The number of para-hydroxylation sites is 1. The minimum Gasteiger partial charge on any atom is -0.490 e. The highest BCUT2D eigenvalue weighted by Crippen LogP contribution is 2.27. The molecule has 0 amide bonds. The normalized spacial score (nSPS) is 19.4. The lowest BCUT2D eigenvalue weighted by atomic mass is 9.96. The van der Waals surface area contributed by atoms with Crippen molar-refractivity contribution >= 4 is 5.96 Å². The summed E-state index contributed by atoms with van der Waals surface area (Å²) in [6.07, 6.45) is 6.30. The number of likely N-dealkylation sites (tertiary alicyclic amines) is 1. The molecule has 5 nitrogen and oxygen atoms in total. The van der Waals surface area contributed by atoms with Crippen LogP contribution in [0.15, 0.2) is 41.4 Å². The Morgan fingerprint density at radius 1 is 1.22 bits per heavy atom. The summed E-state index contributed by atoms with van der Waals surface area (Å²) in [5.74, 6) is 1.87. The Kier molecular flexibility index (Phi) is 7.16. The van der Waals surface area contributed by atoms with Crippen molar-refractivity contribution in [1.82, 2.24) is 15.5 Å². The first-order valence-corrected chi connectivity index (χ1v) is 10.2. The van der Waals surface area contributed by atoms with Crippen molar-refractivity contribution in [3.63, 3.8) is 0 Å². The van der Waals surface area contributed by atoms with E-state index in [2.05, 4.69) is 52.2 Å². The molecule has 1 heterocycles. The topological polar surface area (TPSA) is 48.9 Å². The first-order chi connectivity index (χ1) is 13.1. The molecule has 27 heavy (non-hydrogen) atoms. The van der Waals surface area contributed by atoms with Gasteiger partial charge in [0, 0.05) is 44.8 Å². The van der Waals surface area contributed by atoms with Crippen molar-refractivity contribution in [1.29, 1.82) is 0 Å². The monoisotopic (exact) mass is 370 g/mol. The molecule has 1 saturated carbocycles. The van der Waals surface area contributed by atoms with E-state index >= 15 is 0 Å². The summed E-state index contributed by atoms with van der Waals surface area (Å²) in [4.78, 5) is 6.89. The lowest BCUT2D eigenvalue weighted by molar-refractivity contribution is 0.119. The second kappa shape index (κ2) is 9.79. The molecular weight excluding hydrogens is 336 g/mol. The van der Waals surface area contributed by atoms with Crippen LogP contribution in [0.25, 0.3) is 0 Å². The third kappa shape index (κ3) is 5.99. The number of benzene rings is 1. The maximum absolute atomic E-state index is 6.13. The summed E-state index contributed by atoms with van der Waals surface area (Å²) in [5, 5.41) is 7.04. The average Bonchev–Trinajstić information content (AvgIpc) is 2.63. The van der Waals surface area contributed by atoms with Gasteiger partial charge in [0.1, 0.15) is 5.75 Å². The molecule has 2 aliphatic rings. The Morgan fingerprint density at radius 2 is 1.96 bits per heavy atom. The summed E-state index contributed by atoms with van der Waals surface area (Å²) < 4.78 is 6.13. The van der Waals surface area contributed by atoms with E-state index in [9.17, 15) is 0 Å². The molecule has 0 radical (unpaired) electrons. The molecule has 1 aliphatic heterocycles. The second-order valence-electron chi connectivity index (χ2n) is 7.86. The maximum Gasteiger partial charge on any atom is 0.191 e. The lowest BCUT2D eigenvalue weighted by Gasteiger charge is -2.33. The molecule has 5 heteroatoms. The van der Waals surface area contributed by atoms with Crippen LogP contribution in [0, 0.1) is 0 Å². The van der Waals surface area contributed by atoms with E-state index in [4.69, 9.17) is 4.74 Å². The predicted molar refractivity (Wildman–Crippen MR) is 112 cm³/mol. The highest BCUT2D eigenvalue weighted by Gasteiger charge is 2.21. The van der Waals surface area contributed by atoms with Gasteiger partial charge in [-0.15, -0.1) is 0 Å². The van der Waals surface area contributed by atoms with Gasteiger partial charge >= 0.3 is 0 Å². The first kappa shape index (κ1) is 19.7. The van der Waals surface area contributed by atoms with Crippen LogP contribution in [0.3, 0.4) is 0 Å². The van der Waals surface area contributed by atoms with E-state index in [-0.39, 0.29) is 0 Å². The van der Waals surface area contributed by atoms with Gasteiger partial charge in [-0.3, -0.25) is 9.89 Å². The van der Waals surface area contributed by atoms with Crippen molar-refractivity contribution < 1.29 is 4.74 Å². The van der Waals surface area contributed by atoms with E-state index in [1.807, 2.05) is 13.1 Å². The molecule has 1 aromatic rings. The molecule has 2 N–H and O–H groups in total. The van der Waals surface area contributed by atoms with Crippen LogP contribution in [0.4, 0.5) is 0 Å². The van der Waals surface area contributed by atoms with E-state index in [0.717, 1.165) is 50.7 Å². The average molecular weight is 371 g/mol. The summed E-state index contributed by atoms with van der Waals surface area (Å²) in [5.41, 5.74) is 2.42. The van der Waals surface area contributed by atoms with Crippen LogP contribution in [0.2, 0.25) is 0 Å². The molecule has 0 unspecified atom stereocenters. The number of hydrogen-bond donors (Lipinski definition) is 2. The molecule has 0 aromatic heterocycles. The second-order valence-corrected chi connectivity index (χ2v) is 7.86. The fourth-order valence-electron chi connectivity index (χ4n) is 3.62. The Morgan fingerprint density at radius 3 is 2.59 bits per heavy atom. The number of hydrogen-bond acceptors (Lipinski definition) is 3. The molecule has 0 bridgehead atoms. The van der Waals surface area contributed by atoms with Gasteiger partial charge in [0.2, 0.25) is 0 Å². The summed E-state index contributed by atoms with van der Waals surface area (Å²) in [6.45, 7) is 10.1. The van der Waals surface area contributed by atoms with Crippen LogP contribution >= 0.6 is 0 Å². The van der Waals surface area contributed by atoms with Crippen molar-refractivity contribution in [2.24, 2.45) is 4.99 Å². The van der Waals surface area contributed by atoms with E-state index in [1.54, 1.807) is 0 Å². The van der Waals surface area contributed by atoms with Gasteiger partial charge in [0.15, 0.2) is 5.96 Å². The third-order valence-corrected chi connectivity index (χ3v) is 5.41. The highest BCUT2D eigenvalue weighted by atomic mass is 16.5. The lowest BCUT2D eigenvalue weighted by Crippen LogP contribution is -2.48. The van der Waals surface area contributed by atoms with Crippen molar-refractivity contribution in [3.8, 4) is 5.75 Å². The van der Waals surface area contributed by atoms with Gasteiger partial charge in [-0.05, 0) is 45.1 Å². The van der Waals surface area contributed by atoms with Gasteiger partial charge in [-0.1, -0.05) is 30.4 Å². The van der Waals surface area contributed by atoms with Crippen LogP contribution in [-0.2, 0) is 6.54 Å². The summed E-state index contributed by atoms with van der Waals surface area (Å²) in [7, 11) is 1.84. The molecule has 2 fully saturated rings. The number of nitrogens with zero attached hydrogens (tertiary/aromatic N) is 2. The van der Waals surface area contributed by atoms with E-state index in [1.165, 1.54) is 30.4 Å². The number of piperidine rings is 1. The minimum atomic E-state index is 0.396. The van der Waals surface area contributed by atoms with Crippen LogP contribution < -0.4 is 15.4 Å². The Bertz CT molecular complexity index is 645. The van der Waals surface area contributed by atoms with Crippen LogP contribution in [0.5, 0.6) is 5.75 Å². The quantitative estimate of drug-likeness (QED) is 0.439. The van der Waals surface area contributed by atoms with Gasteiger partial charge < -0.3 is 15.4 Å². The number of guanidine groups is 1. The zero-order valence-corrected chi connectivity index (χ0v) is 16.8. The molecule has 1 aliphatic carbocycles. The van der Waals surface area contributed by atoms with Gasteiger partial charge in [0.25, 0.3) is 0 Å². The third-order valence-electron chi connectivity index (χ3n) is 5.41. The number of ether oxygens (including phenoxy) is 1. The maximum atomic E-state index is 6.13. The number of rotatable bonds is 7. The molecule has 0 spiro atoms. The zero-order chi connectivity index (χ0) is 19.1.